The quantitative estimate of drug-likeness (QED) is 0.519. The zero-order valence-corrected chi connectivity index (χ0v) is 9.99. The lowest BCUT2D eigenvalue weighted by Gasteiger charge is -2.14. The second-order valence-corrected chi connectivity index (χ2v) is 3.94. The Morgan fingerprint density at radius 3 is 2.63 bits per heavy atom. The van der Waals surface area contributed by atoms with E-state index >= 15 is 0 Å². The van der Waals surface area contributed by atoms with Crippen LogP contribution in [0, 0.1) is 22.5 Å². The molecule has 1 atom stereocenters. The number of hydrogen-bond donors (Lipinski definition) is 1. The van der Waals surface area contributed by atoms with E-state index in [9.17, 15) is 23.3 Å². The standard InChI is InChI=1S/C12H11F3N2O2/c1-3-4-8(2)16-9-5-6-11(17(18)19)10(7-9)12(13,14)15/h1,5-8,16H,4H2,2H3. The lowest BCUT2D eigenvalue weighted by molar-refractivity contribution is -0.388. The third-order valence-corrected chi connectivity index (χ3v) is 2.34. The van der Waals surface area contributed by atoms with Gasteiger partial charge in [-0.2, -0.15) is 13.2 Å². The van der Waals surface area contributed by atoms with Crippen molar-refractivity contribution in [3.63, 3.8) is 0 Å². The van der Waals surface area contributed by atoms with Gasteiger partial charge in [0, 0.05) is 24.2 Å². The molecule has 4 nitrogen and oxygen atoms in total. The lowest BCUT2D eigenvalue weighted by atomic mass is 10.1. The number of benzene rings is 1. The molecule has 0 aliphatic heterocycles. The van der Waals surface area contributed by atoms with Crippen molar-refractivity contribution >= 4 is 11.4 Å². The van der Waals surface area contributed by atoms with E-state index in [1.54, 1.807) is 6.92 Å². The Labute approximate surface area is 107 Å². The molecule has 0 amide bonds. The Hall–Kier alpha value is -2.23. The molecule has 0 aliphatic rings. The third kappa shape index (κ3) is 3.88. The summed E-state index contributed by atoms with van der Waals surface area (Å²) in [5.74, 6) is 2.37. The van der Waals surface area contributed by atoms with Gasteiger partial charge in [-0.15, -0.1) is 12.3 Å². The van der Waals surface area contributed by atoms with Gasteiger partial charge in [-0.05, 0) is 19.1 Å². The second-order valence-electron chi connectivity index (χ2n) is 3.94. The molecule has 7 heteroatoms. The SMILES string of the molecule is C#CCC(C)Nc1ccc([N+](=O)[O-])c(C(F)(F)F)c1. The maximum Gasteiger partial charge on any atom is 0.423 e. The van der Waals surface area contributed by atoms with Crippen molar-refractivity contribution in [2.75, 3.05) is 5.32 Å². The fourth-order valence-corrected chi connectivity index (χ4v) is 1.52. The highest BCUT2D eigenvalue weighted by Gasteiger charge is 2.38. The number of nitrogens with one attached hydrogen (secondary N) is 1. The van der Waals surface area contributed by atoms with E-state index in [-0.39, 0.29) is 11.7 Å². The molecule has 0 bridgehead atoms. The highest BCUT2D eigenvalue weighted by atomic mass is 19.4. The summed E-state index contributed by atoms with van der Waals surface area (Å²) in [6.45, 7) is 1.70. The first-order valence-electron chi connectivity index (χ1n) is 5.31. The monoisotopic (exact) mass is 272 g/mol. The summed E-state index contributed by atoms with van der Waals surface area (Å²) < 4.78 is 38.1. The van der Waals surface area contributed by atoms with Crippen molar-refractivity contribution < 1.29 is 18.1 Å². The molecule has 0 saturated carbocycles. The molecule has 0 fully saturated rings. The van der Waals surface area contributed by atoms with Crippen LogP contribution in [0.3, 0.4) is 0 Å². The molecular weight excluding hydrogens is 261 g/mol. The fraction of sp³-hybridized carbons (Fsp3) is 0.333. The molecule has 1 unspecified atom stereocenters. The van der Waals surface area contributed by atoms with Crippen LogP contribution in [0.1, 0.15) is 18.9 Å². The molecule has 1 rings (SSSR count). The van der Waals surface area contributed by atoms with Gasteiger partial charge in [-0.3, -0.25) is 10.1 Å². The number of nitro groups is 1. The van der Waals surface area contributed by atoms with Crippen LogP contribution in [0.25, 0.3) is 0 Å². The molecule has 1 aromatic carbocycles. The highest BCUT2D eigenvalue weighted by Crippen LogP contribution is 2.37. The van der Waals surface area contributed by atoms with Crippen molar-refractivity contribution in [3.8, 4) is 12.3 Å². The molecule has 1 aromatic rings. The summed E-state index contributed by atoms with van der Waals surface area (Å²) >= 11 is 0. The van der Waals surface area contributed by atoms with Gasteiger partial charge in [-0.1, -0.05) is 0 Å². The van der Waals surface area contributed by atoms with E-state index in [0.717, 1.165) is 6.07 Å². The number of halogens is 3. The first-order valence-corrected chi connectivity index (χ1v) is 5.31. The molecule has 0 radical (unpaired) electrons. The Bertz CT molecular complexity index is 521. The van der Waals surface area contributed by atoms with Crippen LogP contribution in [0.5, 0.6) is 0 Å². The maximum atomic E-state index is 12.7. The summed E-state index contributed by atoms with van der Waals surface area (Å²) in [5.41, 5.74) is -2.11. The van der Waals surface area contributed by atoms with E-state index in [1.807, 2.05) is 0 Å². The number of alkyl halides is 3. The molecule has 0 heterocycles. The van der Waals surface area contributed by atoms with Gasteiger partial charge < -0.3 is 5.32 Å². The van der Waals surface area contributed by atoms with Crippen LogP contribution in [-0.2, 0) is 6.18 Å². The summed E-state index contributed by atoms with van der Waals surface area (Å²) in [6, 6.07) is 2.53. The van der Waals surface area contributed by atoms with Crippen LogP contribution in [-0.4, -0.2) is 11.0 Å². The zero-order valence-electron chi connectivity index (χ0n) is 9.99. The van der Waals surface area contributed by atoms with Crippen LogP contribution < -0.4 is 5.32 Å². The fourth-order valence-electron chi connectivity index (χ4n) is 1.52. The molecule has 0 saturated heterocycles. The van der Waals surface area contributed by atoms with Gasteiger partial charge in [0.15, 0.2) is 0 Å². The van der Waals surface area contributed by atoms with Crippen molar-refractivity contribution in [1.29, 1.82) is 0 Å². The number of hydrogen-bond acceptors (Lipinski definition) is 3. The van der Waals surface area contributed by atoms with Crippen molar-refractivity contribution in [1.82, 2.24) is 0 Å². The minimum atomic E-state index is -4.78. The molecular formula is C12H11F3N2O2. The van der Waals surface area contributed by atoms with Gasteiger partial charge in [0.1, 0.15) is 5.56 Å². The van der Waals surface area contributed by atoms with Gasteiger partial charge in [0.2, 0.25) is 0 Å². The average molecular weight is 272 g/mol. The minimum absolute atomic E-state index is 0.140. The summed E-state index contributed by atoms with van der Waals surface area (Å²) in [4.78, 5) is 9.50. The van der Waals surface area contributed by atoms with Crippen LogP contribution in [0.2, 0.25) is 0 Å². The van der Waals surface area contributed by atoms with E-state index in [1.165, 1.54) is 6.07 Å². The minimum Gasteiger partial charge on any atom is -0.382 e. The molecule has 0 aliphatic carbocycles. The first-order chi connectivity index (χ1) is 8.75. The normalized spacial score (nSPS) is 12.6. The van der Waals surface area contributed by atoms with Crippen LogP contribution in [0.15, 0.2) is 18.2 Å². The van der Waals surface area contributed by atoms with Gasteiger partial charge >= 0.3 is 6.18 Å². The Morgan fingerprint density at radius 1 is 1.53 bits per heavy atom. The predicted molar refractivity (Wildman–Crippen MR) is 64.6 cm³/mol. The second kappa shape index (κ2) is 5.61. The molecule has 19 heavy (non-hydrogen) atoms. The topological polar surface area (TPSA) is 55.2 Å². The largest absolute Gasteiger partial charge is 0.423 e. The van der Waals surface area contributed by atoms with Crippen LogP contribution >= 0.6 is 0 Å². The average Bonchev–Trinajstić information content (AvgIpc) is 2.27. The molecule has 102 valence electrons. The summed E-state index contributed by atoms with van der Waals surface area (Å²) in [6.07, 6.45) is 0.636. The van der Waals surface area contributed by atoms with Crippen molar-refractivity contribution in [2.24, 2.45) is 0 Å². The van der Waals surface area contributed by atoms with Crippen LogP contribution in [0.4, 0.5) is 24.5 Å². The van der Waals surface area contributed by atoms with Gasteiger partial charge in [0.05, 0.1) is 4.92 Å². The number of anilines is 1. The predicted octanol–water partition coefficient (Wildman–Crippen LogP) is 3.44. The third-order valence-electron chi connectivity index (χ3n) is 2.34. The zero-order chi connectivity index (χ0) is 14.6. The highest BCUT2D eigenvalue weighted by molar-refractivity contribution is 5.55. The smallest absolute Gasteiger partial charge is 0.382 e. The van der Waals surface area contributed by atoms with E-state index < -0.39 is 22.4 Å². The van der Waals surface area contributed by atoms with Crippen molar-refractivity contribution in [3.05, 3.63) is 33.9 Å². The number of rotatable bonds is 4. The lowest BCUT2D eigenvalue weighted by Crippen LogP contribution is -2.15. The Balaban J connectivity index is 3.13. The van der Waals surface area contributed by atoms with E-state index in [2.05, 4.69) is 11.2 Å². The Kier molecular flexibility index (Phi) is 4.38. The summed E-state index contributed by atoms with van der Waals surface area (Å²) in [7, 11) is 0. The number of terminal acetylenes is 1. The van der Waals surface area contributed by atoms with E-state index in [0.29, 0.717) is 12.5 Å². The first kappa shape index (κ1) is 14.8. The van der Waals surface area contributed by atoms with Gasteiger partial charge in [-0.25, -0.2) is 0 Å². The van der Waals surface area contributed by atoms with Crippen molar-refractivity contribution in [2.45, 2.75) is 25.6 Å². The van der Waals surface area contributed by atoms with Gasteiger partial charge in [0.25, 0.3) is 5.69 Å². The number of nitro benzene ring substituents is 1. The molecule has 0 spiro atoms. The molecule has 1 N–H and O–H groups in total. The molecule has 0 aromatic heterocycles. The Morgan fingerprint density at radius 2 is 2.16 bits per heavy atom. The van der Waals surface area contributed by atoms with E-state index in [4.69, 9.17) is 6.42 Å². The maximum absolute atomic E-state index is 12.7. The summed E-state index contributed by atoms with van der Waals surface area (Å²) in [5, 5.41) is 13.3. The number of nitrogens with zero attached hydrogens (tertiary/aromatic N) is 1.